The maximum absolute atomic E-state index is 12.8. The van der Waals surface area contributed by atoms with Crippen LogP contribution in [0.4, 0.5) is 10.5 Å². The van der Waals surface area contributed by atoms with Crippen LogP contribution in [-0.2, 0) is 16.0 Å². The summed E-state index contributed by atoms with van der Waals surface area (Å²) < 4.78 is 10.6. The molecule has 1 aliphatic rings. The van der Waals surface area contributed by atoms with Crippen molar-refractivity contribution in [2.45, 2.75) is 13.3 Å². The normalized spacial score (nSPS) is 14.5. The van der Waals surface area contributed by atoms with Gasteiger partial charge in [0.25, 0.3) is 11.1 Å². The third-order valence-corrected chi connectivity index (χ3v) is 5.59. The fraction of sp³-hybridized carbons (Fsp3) is 0.208. The zero-order chi connectivity index (χ0) is 24.0. The number of phenols is 1. The molecule has 2 N–H and O–H groups in total. The standard InChI is InChI=1S/C24H24N2O6S/c1-4-6-16-11-15(12-19(22(16)28)32-5-2)13-20-23(29)26(24(30)33-20)14-21(27)25-17-7-9-18(31-3)10-8-17/h4,7-13,28H,1,5-6,14H2,2-3H3,(H,25,27)/b20-13+. The number of anilines is 1. The van der Waals surface area contributed by atoms with E-state index < -0.39 is 23.6 Å². The van der Waals surface area contributed by atoms with Crippen molar-refractivity contribution >= 4 is 40.6 Å². The molecular formula is C24H24N2O6S. The lowest BCUT2D eigenvalue weighted by molar-refractivity contribution is -0.127. The monoisotopic (exact) mass is 468 g/mol. The van der Waals surface area contributed by atoms with Gasteiger partial charge in [0, 0.05) is 11.3 Å². The van der Waals surface area contributed by atoms with Gasteiger partial charge >= 0.3 is 0 Å². The number of hydrogen-bond acceptors (Lipinski definition) is 7. The van der Waals surface area contributed by atoms with Crippen LogP contribution in [0.25, 0.3) is 6.08 Å². The molecule has 9 heteroatoms. The number of nitrogens with one attached hydrogen (secondary N) is 1. The highest BCUT2D eigenvalue weighted by atomic mass is 32.2. The van der Waals surface area contributed by atoms with Gasteiger partial charge in [-0.3, -0.25) is 19.3 Å². The summed E-state index contributed by atoms with van der Waals surface area (Å²) >= 11 is 0.751. The average Bonchev–Trinajstić information content (AvgIpc) is 3.05. The van der Waals surface area contributed by atoms with Crippen molar-refractivity contribution in [1.82, 2.24) is 4.90 Å². The number of amides is 3. The minimum Gasteiger partial charge on any atom is -0.504 e. The number of aromatic hydroxyl groups is 1. The molecule has 0 unspecified atom stereocenters. The van der Waals surface area contributed by atoms with Gasteiger partial charge in [-0.25, -0.2) is 0 Å². The molecule has 3 amide bonds. The molecule has 0 saturated carbocycles. The van der Waals surface area contributed by atoms with E-state index in [1.165, 1.54) is 7.11 Å². The van der Waals surface area contributed by atoms with E-state index in [1.54, 1.807) is 55.5 Å². The lowest BCUT2D eigenvalue weighted by Crippen LogP contribution is -2.36. The lowest BCUT2D eigenvalue weighted by Gasteiger charge is -2.13. The smallest absolute Gasteiger partial charge is 0.294 e. The number of hydrogen-bond donors (Lipinski definition) is 2. The van der Waals surface area contributed by atoms with Crippen LogP contribution < -0.4 is 14.8 Å². The SMILES string of the molecule is C=CCc1cc(/C=C2/SC(=O)N(CC(=O)Nc3ccc(OC)cc3)C2=O)cc(OCC)c1O. The largest absolute Gasteiger partial charge is 0.504 e. The van der Waals surface area contributed by atoms with E-state index >= 15 is 0 Å². The minimum absolute atomic E-state index is 0.0113. The molecule has 1 saturated heterocycles. The van der Waals surface area contributed by atoms with Crippen LogP contribution in [0.5, 0.6) is 17.2 Å². The number of imide groups is 1. The van der Waals surface area contributed by atoms with Crippen molar-refractivity contribution in [3.63, 3.8) is 0 Å². The first-order valence-electron chi connectivity index (χ1n) is 10.1. The van der Waals surface area contributed by atoms with Crippen LogP contribution in [-0.4, -0.2) is 47.3 Å². The number of allylic oxidation sites excluding steroid dienone is 1. The van der Waals surface area contributed by atoms with Crippen molar-refractivity contribution in [2.75, 3.05) is 25.6 Å². The average molecular weight is 469 g/mol. The third-order valence-electron chi connectivity index (χ3n) is 4.69. The second kappa shape index (κ2) is 10.7. The first-order valence-corrected chi connectivity index (χ1v) is 11.0. The van der Waals surface area contributed by atoms with Gasteiger partial charge in [0.15, 0.2) is 11.5 Å². The van der Waals surface area contributed by atoms with E-state index in [0.717, 1.165) is 16.7 Å². The molecule has 0 radical (unpaired) electrons. The van der Waals surface area contributed by atoms with Crippen molar-refractivity contribution in [3.05, 3.63) is 65.1 Å². The van der Waals surface area contributed by atoms with E-state index in [4.69, 9.17) is 9.47 Å². The number of carbonyl (C=O) groups is 3. The molecule has 0 spiro atoms. The molecule has 33 heavy (non-hydrogen) atoms. The third kappa shape index (κ3) is 5.75. The highest BCUT2D eigenvalue weighted by molar-refractivity contribution is 8.18. The molecule has 0 bridgehead atoms. The molecule has 2 aromatic rings. The number of thioether (sulfide) groups is 1. The Morgan fingerprint density at radius 3 is 2.61 bits per heavy atom. The van der Waals surface area contributed by atoms with E-state index in [2.05, 4.69) is 11.9 Å². The summed E-state index contributed by atoms with van der Waals surface area (Å²) in [7, 11) is 1.54. The summed E-state index contributed by atoms with van der Waals surface area (Å²) in [4.78, 5) is 38.7. The summed E-state index contributed by atoms with van der Waals surface area (Å²) in [5.74, 6) is -0.133. The zero-order valence-corrected chi connectivity index (χ0v) is 19.1. The molecule has 1 heterocycles. The topological polar surface area (TPSA) is 105 Å². The van der Waals surface area contributed by atoms with Gasteiger partial charge in [-0.05, 0) is 73.1 Å². The van der Waals surface area contributed by atoms with Crippen LogP contribution in [0, 0.1) is 0 Å². The molecule has 0 aliphatic carbocycles. The Labute approximate surface area is 195 Å². The molecule has 172 valence electrons. The Balaban J connectivity index is 1.76. The number of nitrogens with zero attached hydrogens (tertiary/aromatic N) is 1. The number of benzene rings is 2. The predicted octanol–water partition coefficient (Wildman–Crippen LogP) is 4.20. The first-order chi connectivity index (χ1) is 15.9. The fourth-order valence-corrected chi connectivity index (χ4v) is 3.99. The van der Waals surface area contributed by atoms with Gasteiger partial charge in [-0.15, -0.1) is 6.58 Å². The number of ether oxygens (including phenoxy) is 2. The molecule has 1 aliphatic heterocycles. The van der Waals surface area contributed by atoms with Crippen molar-refractivity contribution in [3.8, 4) is 17.2 Å². The van der Waals surface area contributed by atoms with Gasteiger partial charge in [0.2, 0.25) is 5.91 Å². The summed E-state index contributed by atoms with van der Waals surface area (Å²) in [6, 6.07) is 9.98. The molecule has 3 rings (SSSR count). The molecule has 8 nitrogen and oxygen atoms in total. The van der Waals surface area contributed by atoms with E-state index in [-0.39, 0.29) is 16.4 Å². The highest BCUT2D eigenvalue weighted by Gasteiger charge is 2.36. The van der Waals surface area contributed by atoms with E-state index in [0.29, 0.717) is 35.6 Å². The number of phenolic OH excluding ortho intramolecular Hbond substituents is 1. The van der Waals surface area contributed by atoms with E-state index in [9.17, 15) is 19.5 Å². The maximum atomic E-state index is 12.8. The minimum atomic E-state index is -0.564. The van der Waals surface area contributed by atoms with Crippen LogP contribution in [0.2, 0.25) is 0 Å². The van der Waals surface area contributed by atoms with Gasteiger partial charge in [0.1, 0.15) is 12.3 Å². The van der Waals surface area contributed by atoms with Crippen molar-refractivity contribution < 1.29 is 29.0 Å². The first kappa shape index (κ1) is 23.9. The summed E-state index contributed by atoms with van der Waals surface area (Å²) in [5, 5.41) is 12.5. The number of methoxy groups -OCH3 is 1. The number of rotatable bonds is 9. The molecular weight excluding hydrogens is 444 g/mol. The molecule has 1 fully saturated rings. The number of carbonyl (C=O) groups excluding carboxylic acids is 3. The summed E-state index contributed by atoms with van der Waals surface area (Å²) in [6.07, 6.45) is 3.59. The predicted molar refractivity (Wildman–Crippen MR) is 127 cm³/mol. The maximum Gasteiger partial charge on any atom is 0.294 e. The quantitative estimate of drug-likeness (QED) is 0.420. The van der Waals surface area contributed by atoms with Gasteiger partial charge in [0.05, 0.1) is 18.6 Å². The summed E-state index contributed by atoms with van der Waals surface area (Å²) in [6.45, 7) is 5.42. The van der Waals surface area contributed by atoms with Crippen molar-refractivity contribution in [1.29, 1.82) is 0 Å². The van der Waals surface area contributed by atoms with Crippen LogP contribution in [0.1, 0.15) is 18.1 Å². The van der Waals surface area contributed by atoms with Gasteiger partial charge in [-0.1, -0.05) is 6.08 Å². The van der Waals surface area contributed by atoms with Gasteiger partial charge < -0.3 is 19.9 Å². The van der Waals surface area contributed by atoms with Crippen LogP contribution in [0.15, 0.2) is 54.0 Å². The van der Waals surface area contributed by atoms with Crippen LogP contribution >= 0.6 is 11.8 Å². The fourth-order valence-electron chi connectivity index (χ4n) is 3.16. The second-order valence-corrected chi connectivity index (χ2v) is 7.99. The highest BCUT2D eigenvalue weighted by Crippen LogP contribution is 2.36. The van der Waals surface area contributed by atoms with E-state index in [1.807, 2.05) is 0 Å². The Kier molecular flexibility index (Phi) is 7.78. The summed E-state index contributed by atoms with van der Waals surface area (Å²) in [5.41, 5.74) is 1.69. The van der Waals surface area contributed by atoms with Crippen molar-refractivity contribution in [2.24, 2.45) is 0 Å². The molecule has 0 atom stereocenters. The van der Waals surface area contributed by atoms with Crippen LogP contribution in [0.3, 0.4) is 0 Å². The molecule has 0 aromatic heterocycles. The second-order valence-electron chi connectivity index (χ2n) is 7.00. The molecule has 2 aromatic carbocycles. The Morgan fingerprint density at radius 1 is 1.24 bits per heavy atom. The Bertz CT molecular complexity index is 1110. The lowest BCUT2D eigenvalue weighted by atomic mass is 10.1. The van der Waals surface area contributed by atoms with Gasteiger partial charge in [-0.2, -0.15) is 0 Å². The Morgan fingerprint density at radius 2 is 1.97 bits per heavy atom. The zero-order valence-electron chi connectivity index (χ0n) is 18.3. The Hall–Kier alpha value is -3.72.